The molecular formula is C28H32N4O. The number of benzene rings is 1. The maximum Gasteiger partial charge on any atom is 0.0991 e. The van der Waals surface area contributed by atoms with Gasteiger partial charge in [-0.1, -0.05) is 32.0 Å². The van der Waals surface area contributed by atoms with Crippen molar-refractivity contribution in [3.8, 4) is 6.07 Å². The van der Waals surface area contributed by atoms with Crippen LogP contribution < -0.4 is 0 Å². The second kappa shape index (κ2) is 10.7. The van der Waals surface area contributed by atoms with Crippen LogP contribution in [0.2, 0.25) is 0 Å². The van der Waals surface area contributed by atoms with Crippen molar-refractivity contribution in [1.82, 2.24) is 14.9 Å². The van der Waals surface area contributed by atoms with Gasteiger partial charge in [0.2, 0.25) is 0 Å². The van der Waals surface area contributed by atoms with E-state index >= 15 is 0 Å². The SMILES string of the molecule is CC(C)CC(c1ccccn1)N(Cc1ccc(C#N)cc1CO)C1CCCc2cccnc21. The Hall–Kier alpha value is -3.07. The first-order chi connectivity index (χ1) is 16.1. The Morgan fingerprint density at radius 1 is 1.09 bits per heavy atom. The number of fused-ring (bicyclic) bond motifs is 1. The van der Waals surface area contributed by atoms with E-state index in [-0.39, 0.29) is 18.7 Å². The van der Waals surface area contributed by atoms with Crippen LogP contribution in [0.3, 0.4) is 0 Å². The van der Waals surface area contributed by atoms with E-state index in [1.165, 1.54) is 5.56 Å². The second-order valence-corrected chi connectivity index (χ2v) is 9.28. The van der Waals surface area contributed by atoms with Crippen LogP contribution in [-0.2, 0) is 19.6 Å². The molecule has 1 N–H and O–H groups in total. The van der Waals surface area contributed by atoms with Gasteiger partial charge in [0.15, 0.2) is 0 Å². The number of rotatable bonds is 8. The smallest absolute Gasteiger partial charge is 0.0991 e. The molecule has 33 heavy (non-hydrogen) atoms. The van der Waals surface area contributed by atoms with E-state index in [1.54, 1.807) is 6.07 Å². The molecule has 2 atom stereocenters. The third-order valence-electron chi connectivity index (χ3n) is 6.55. The predicted octanol–water partition coefficient (Wildman–Crippen LogP) is 5.51. The van der Waals surface area contributed by atoms with Gasteiger partial charge in [0.05, 0.1) is 41.7 Å². The molecule has 0 saturated heterocycles. The molecule has 0 bridgehead atoms. The Balaban J connectivity index is 1.81. The summed E-state index contributed by atoms with van der Waals surface area (Å²) in [7, 11) is 0. The normalized spacial score (nSPS) is 16.4. The summed E-state index contributed by atoms with van der Waals surface area (Å²) < 4.78 is 0. The summed E-state index contributed by atoms with van der Waals surface area (Å²) in [5.74, 6) is 0.490. The molecule has 2 heterocycles. The highest BCUT2D eigenvalue weighted by Gasteiger charge is 2.34. The van der Waals surface area contributed by atoms with Gasteiger partial charge in [0, 0.05) is 18.9 Å². The molecule has 0 aliphatic heterocycles. The van der Waals surface area contributed by atoms with Crippen LogP contribution in [-0.4, -0.2) is 20.0 Å². The number of nitriles is 1. The number of aryl methyl sites for hydroxylation is 1. The zero-order chi connectivity index (χ0) is 23.2. The number of hydrogen-bond donors (Lipinski definition) is 1. The first kappa shape index (κ1) is 23.1. The molecule has 2 aromatic heterocycles. The average Bonchev–Trinajstić information content (AvgIpc) is 2.86. The lowest BCUT2D eigenvalue weighted by Crippen LogP contribution is -2.36. The largest absolute Gasteiger partial charge is 0.392 e. The molecule has 0 fully saturated rings. The molecule has 5 heteroatoms. The minimum atomic E-state index is -0.0867. The summed E-state index contributed by atoms with van der Waals surface area (Å²) >= 11 is 0. The Labute approximate surface area is 196 Å². The topological polar surface area (TPSA) is 73.0 Å². The quantitative estimate of drug-likeness (QED) is 0.500. The van der Waals surface area contributed by atoms with Gasteiger partial charge in [-0.05, 0) is 78.6 Å². The maximum atomic E-state index is 10.1. The second-order valence-electron chi connectivity index (χ2n) is 9.28. The van der Waals surface area contributed by atoms with Gasteiger partial charge < -0.3 is 5.11 Å². The van der Waals surface area contributed by atoms with Gasteiger partial charge in [0.25, 0.3) is 0 Å². The van der Waals surface area contributed by atoms with E-state index in [1.807, 2.05) is 36.7 Å². The van der Waals surface area contributed by atoms with Crippen molar-refractivity contribution in [3.63, 3.8) is 0 Å². The van der Waals surface area contributed by atoms with E-state index in [0.29, 0.717) is 18.0 Å². The molecule has 170 valence electrons. The Kier molecular flexibility index (Phi) is 7.49. The number of hydrogen-bond acceptors (Lipinski definition) is 5. The lowest BCUT2D eigenvalue weighted by atomic mass is 9.87. The van der Waals surface area contributed by atoms with Gasteiger partial charge in [-0.3, -0.25) is 14.9 Å². The van der Waals surface area contributed by atoms with E-state index in [2.05, 4.69) is 43.0 Å². The Bertz CT molecular complexity index is 1110. The van der Waals surface area contributed by atoms with Crippen LogP contribution in [0.5, 0.6) is 0 Å². The molecule has 0 spiro atoms. The van der Waals surface area contributed by atoms with Gasteiger partial charge in [-0.2, -0.15) is 5.26 Å². The molecule has 3 aromatic rings. The highest BCUT2D eigenvalue weighted by atomic mass is 16.3. The standard InChI is InChI=1S/C28H32N4O/c1-20(2)15-27(25-9-3-4-13-30-25)32(18-23-12-11-21(17-29)16-24(23)19-33)26-10-5-7-22-8-6-14-31-28(22)26/h3-4,6,8-9,11-14,16,20,26-27,33H,5,7,10,15,18-19H2,1-2H3. The summed E-state index contributed by atoms with van der Waals surface area (Å²) in [6.45, 7) is 5.08. The Morgan fingerprint density at radius 3 is 2.67 bits per heavy atom. The van der Waals surface area contributed by atoms with Gasteiger partial charge in [0.1, 0.15) is 0 Å². The summed E-state index contributed by atoms with van der Waals surface area (Å²) in [4.78, 5) is 12.1. The first-order valence-corrected chi connectivity index (χ1v) is 11.8. The summed E-state index contributed by atoms with van der Waals surface area (Å²) in [5, 5.41) is 19.4. The summed E-state index contributed by atoms with van der Waals surface area (Å²) in [6, 6.07) is 18.5. The van der Waals surface area contributed by atoms with Crippen molar-refractivity contribution in [2.45, 2.75) is 64.8 Å². The van der Waals surface area contributed by atoms with E-state index < -0.39 is 0 Å². The molecule has 0 amide bonds. The minimum absolute atomic E-state index is 0.0867. The van der Waals surface area contributed by atoms with Gasteiger partial charge in [-0.15, -0.1) is 0 Å². The third-order valence-corrected chi connectivity index (χ3v) is 6.55. The number of aliphatic hydroxyl groups is 1. The van der Waals surface area contributed by atoms with Crippen LogP contribution in [0.25, 0.3) is 0 Å². The molecule has 5 nitrogen and oxygen atoms in total. The van der Waals surface area contributed by atoms with Crippen LogP contribution >= 0.6 is 0 Å². The minimum Gasteiger partial charge on any atom is -0.392 e. The van der Waals surface area contributed by atoms with Gasteiger partial charge in [-0.25, -0.2) is 0 Å². The van der Waals surface area contributed by atoms with Crippen molar-refractivity contribution in [1.29, 1.82) is 5.26 Å². The van der Waals surface area contributed by atoms with E-state index in [4.69, 9.17) is 9.97 Å². The number of aromatic nitrogens is 2. The van der Waals surface area contributed by atoms with Crippen molar-refractivity contribution >= 4 is 0 Å². The molecule has 1 aliphatic rings. The molecule has 0 radical (unpaired) electrons. The number of nitrogens with zero attached hydrogens (tertiary/aromatic N) is 4. The lowest BCUT2D eigenvalue weighted by molar-refractivity contribution is 0.0889. The van der Waals surface area contributed by atoms with Crippen LogP contribution in [0, 0.1) is 17.2 Å². The Morgan fingerprint density at radius 2 is 1.94 bits per heavy atom. The monoisotopic (exact) mass is 440 g/mol. The average molecular weight is 441 g/mol. The summed E-state index contributed by atoms with van der Waals surface area (Å²) in [6.07, 6.45) is 7.96. The predicted molar refractivity (Wildman–Crippen MR) is 129 cm³/mol. The number of pyridine rings is 2. The van der Waals surface area contributed by atoms with Crippen molar-refractivity contribution in [2.24, 2.45) is 5.92 Å². The maximum absolute atomic E-state index is 10.1. The third kappa shape index (κ3) is 5.30. The highest BCUT2D eigenvalue weighted by molar-refractivity contribution is 5.38. The highest BCUT2D eigenvalue weighted by Crippen LogP contribution is 2.41. The molecule has 0 saturated carbocycles. The fourth-order valence-corrected chi connectivity index (χ4v) is 4.98. The summed E-state index contributed by atoms with van der Waals surface area (Å²) in [5.41, 5.74) is 5.97. The molecule has 4 rings (SSSR count). The zero-order valence-electron chi connectivity index (χ0n) is 19.5. The van der Waals surface area contributed by atoms with Crippen LogP contribution in [0.15, 0.2) is 60.9 Å². The molecule has 1 aliphatic carbocycles. The van der Waals surface area contributed by atoms with Gasteiger partial charge >= 0.3 is 0 Å². The first-order valence-electron chi connectivity index (χ1n) is 11.8. The van der Waals surface area contributed by atoms with Crippen molar-refractivity contribution in [3.05, 3.63) is 94.6 Å². The molecule has 1 aromatic carbocycles. The molecule has 2 unspecified atom stereocenters. The van der Waals surface area contributed by atoms with Crippen molar-refractivity contribution < 1.29 is 5.11 Å². The number of aliphatic hydroxyl groups excluding tert-OH is 1. The van der Waals surface area contributed by atoms with E-state index in [0.717, 1.165) is 48.2 Å². The fraction of sp³-hybridized carbons (Fsp3) is 0.393. The van der Waals surface area contributed by atoms with Crippen molar-refractivity contribution in [2.75, 3.05) is 0 Å². The lowest BCUT2D eigenvalue weighted by Gasteiger charge is -2.41. The fourth-order valence-electron chi connectivity index (χ4n) is 4.98. The van der Waals surface area contributed by atoms with Crippen LogP contribution in [0.1, 0.15) is 78.8 Å². The van der Waals surface area contributed by atoms with E-state index in [9.17, 15) is 10.4 Å². The zero-order valence-corrected chi connectivity index (χ0v) is 19.5. The van der Waals surface area contributed by atoms with Crippen LogP contribution in [0.4, 0.5) is 0 Å². The molecular weight excluding hydrogens is 408 g/mol.